The number of carbonyl (C=O) groups excluding carboxylic acids is 1. The number of carbonyl (C=O) groups is 1. The molecule has 0 radical (unpaired) electrons. The lowest BCUT2D eigenvalue weighted by Gasteiger charge is -2.39. The normalized spacial score (nSPS) is 26.8. The van der Waals surface area contributed by atoms with Gasteiger partial charge in [-0.05, 0) is 6.42 Å². The van der Waals surface area contributed by atoms with Gasteiger partial charge in [0.2, 0.25) is 0 Å². The minimum Gasteiger partial charge on any atom is -0.457 e. The van der Waals surface area contributed by atoms with E-state index in [1.54, 1.807) is 6.92 Å². The highest BCUT2D eigenvalue weighted by molar-refractivity contribution is 5.69. The maximum atomic E-state index is 11.7. The largest absolute Gasteiger partial charge is 0.457 e. The van der Waals surface area contributed by atoms with Gasteiger partial charge in [-0.3, -0.25) is 4.79 Å². The Morgan fingerprint density at radius 3 is 2.09 bits per heavy atom. The summed E-state index contributed by atoms with van der Waals surface area (Å²) in [4.78, 5) is 11.7. The average Bonchev–Trinajstić information content (AvgIpc) is 2.80. The lowest BCUT2D eigenvalue weighted by atomic mass is 9.99. The summed E-state index contributed by atoms with van der Waals surface area (Å²) >= 11 is 0. The molecule has 0 bridgehead atoms. The van der Waals surface area contributed by atoms with Crippen LogP contribution in [0.5, 0.6) is 0 Å². The van der Waals surface area contributed by atoms with Gasteiger partial charge in [0.15, 0.2) is 6.29 Å². The molecule has 4 N–H and O–H groups in total. The van der Waals surface area contributed by atoms with Gasteiger partial charge >= 0.3 is 5.97 Å². The molecule has 1 heterocycles. The Labute approximate surface area is 192 Å². The van der Waals surface area contributed by atoms with Crippen molar-refractivity contribution in [3.63, 3.8) is 0 Å². The van der Waals surface area contributed by atoms with E-state index in [9.17, 15) is 25.2 Å². The summed E-state index contributed by atoms with van der Waals surface area (Å²) in [5, 5.41) is 39.0. The third-order valence-corrected chi connectivity index (χ3v) is 5.58. The second kappa shape index (κ2) is 17.6. The zero-order valence-electron chi connectivity index (χ0n) is 19.7. The molecule has 1 saturated heterocycles. The SMILES string of the molecule is CCCCCCCCCCCOCC(COC1OC(CO)C(O)C(O)C1O)OC(=O)CC. The summed E-state index contributed by atoms with van der Waals surface area (Å²) < 4.78 is 21.8. The Hall–Kier alpha value is -0.810. The van der Waals surface area contributed by atoms with Crippen LogP contribution in [0.1, 0.15) is 78.1 Å². The number of rotatable bonds is 18. The van der Waals surface area contributed by atoms with E-state index in [1.165, 1.54) is 44.9 Å². The fourth-order valence-electron chi connectivity index (χ4n) is 3.52. The number of hydrogen-bond donors (Lipinski definition) is 4. The molecule has 6 atom stereocenters. The van der Waals surface area contributed by atoms with Crippen LogP contribution in [0.2, 0.25) is 0 Å². The molecule has 0 aromatic carbocycles. The van der Waals surface area contributed by atoms with Crippen molar-refractivity contribution in [1.29, 1.82) is 0 Å². The van der Waals surface area contributed by atoms with E-state index in [0.29, 0.717) is 6.61 Å². The van der Waals surface area contributed by atoms with E-state index in [-0.39, 0.29) is 19.6 Å². The third kappa shape index (κ3) is 11.4. The molecule has 0 aromatic rings. The molecule has 1 aliphatic rings. The first kappa shape index (κ1) is 29.2. The predicted molar refractivity (Wildman–Crippen MR) is 118 cm³/mol. The molecule has 32 heavy (non-hydrogen) atoms. The molecule has 9 heteroatoms. The maximum absolute atomic E-state index is 11.7. The monoisotopic (exact) mass is 464 g/mol. The standard InChI is InChI=1S/C23H44O9/c1-3-5-6-7-8-9-10-11-12-13-29-15-17(31-19(25)4-2)16-30-23-22(28)21(27)20(26)18(14-24)32-23/h17-18,20-24,26-28H,3-16H2,1-2H3. The number of hydrogen-bond acceptors (Lipinski definition) is 9. The summed E-state index contributed by atoms with van der Waals surface area (Å²) in [6.45, 7) is 3.93. The summed E-state index contributed by atoms with van der Waals surface area (Å²) in [7, 11) is 0. The Bertz CT molecular complexity index is 474. The highest BCUT2D eigenvalue weighted by Gasteiger charge is 2.44. The second-order valence-electron chi connectivity index (χ2n) is 8.40. The Kier molecular flexibility index (Phi) is 16.1. The van der Waals surface area contributed by atoms with E-state index in [4.69, 9.17) is 18.9 Å². The van der Waals surface area contributed by atoms with Crippen molar-refractivity contribution < 1.29 is 44.2 Å². The van der Waals surface area contributed by atoms with E-state index < -0.39 is 49.4 Å². The van der Waals surface area contributed by atoms with Crippen LogP contribution >= 0.6 is 0 Å². The number of aliphatic hydroxyl groups excluding tert-OH is 4. The van der Waals surface area contributed by atoms with Crippen molar-refractivity contribution in [2.75, 3.05) is 26.4 Å². The number of unbranched alkanes of at least 4 members (excludes halogenated alkanes) is 8. The zero-order chi connectivity index (χ0) is 23.8. The molecule has 6 unspecified atom stereocenters. The second-order valence-corrected chi connectivity index (χ2v) is 8.40. The molecule has 0 aliphatic carbocycles. The van der Waals surface area contributed by atoms with Gasteiger partial charge in [0.25, 0.3) is 0 Å². The zero-order valence-corrected chi connectivity index (χ0v) is 19.7. The number of esters is 1. The van der Waals surface area contributed by atoms with Gasteiger partial charge in [-0.25, -0.2) is 0 Å². The van der Waals surface area contributed by atoms with E-state index in [1.807, 2.05) is 0 Å². The van der Waals surface area contributed by atoms with Gasteiger partial charge in [-0.2, -0.15) is 0 Å². The molecule has 0 saturated carbocycles. The maximum Gasteiger partial charge on any atom is 0.305 e. The molecule has 9 nitrogen and oxygen atoms in total. The van der Waals surface area contributed by atoms with Crippen LogP contribution in [0, 0.1) is 0 Å². The van der Waals surface area contributed by atoms with Crippen LogP contribution in [0.15, 0.2) is 0 Å². The fourth-order valence-corrected chi connectivity index (χ4v) is 3.52. The lowest BCUT2D eigenvalue weighted by Crippen LogP contribution is -2.59. The summed E-state index contributed by atoms with van der Waals surface area (Å²) in [6, 6.07) is 0. The summed E-state index contributed by atoms with van der Waals surface area (Å²) in [5.74, 6) is -0.404. The van der Waals surface area contributed by atoms with Crippen LogP contribution in [0.4, 0.5) is 0 Å². The smallest absolute Gasteiger partial charge is 0.305 e. The van der Waals surface area contributed by atoms with Crippen LogP contribution < -0.4 is 0 Å². The Morgan fingerprint density at radius 2 is 1.50 bits per heavy atom. The van der Waals surface area contributed by atoms with Gasteiger partial charge in [-0.1, -0.05) is 65.2 Å². The van der Waals surface area contributed by atoms with Crippen molar-refractivity contribution in [3.05, 3.63) is 0 Å². The van der Waals surface area contributed by atoms with Crippen molar-refractivity contribution in [2.45, 2.75) is 115 Å². The molecule has 0 amide bonds. The lowest BCUT2D eigenvalue weighted by molar-refractivity contribution is -0.305. The molecule has 1 fully saturated rings. The first-order valence-electron chi connectivity index (χ1n) is 12.1. The van der Waals surface area contributed by atoms with Crippen LogP contribution in [-0.4, -0.2) is 89.6 Å². The van der Waals surface area contributed by atoms with Crippen molar-refractivity contribution >= 4 is 5.97 Å². The minimum atomic E-state index is -1.52. The van der Waals surface area contributed by atoms with E-state index in [0.717, 1.165) is 12.8 Å². The fraction of sp³-hybridized carbons (Fsp3) is 0.957. The van der Waals surface area contributed by atoms with Gasteiger partial charge in [-0.15, -0.1) is 0 Å². The molecule has 0 aromatic heterocycles. The minimum absolute atomic E-state index is 0.119. The number of aliphatic hydroxyl groups is 4. The van der Waals surface area contributed by atoms with Crippen LogP contribution in [0.3, 0.4) is 0 Å². The van der Waals surface area contributed by atoms with E-state index in [2.05, 4.69) is 6.92 Å². The third-order valence-electron chi connectivity index (χ3n) is 5.58. The van der Waals surface area contributed by atoms with Gasteiger partial charge in [0.05, 0.1) is 19.8 Å². The molecule has 190 valence electrons. The number of ether oxygens (including phenoxy) is 4. The molecule has 1 aliphatic heterocycles. The Morgan fingerprint density at radius 1 is 0.875 bits per heavy atom. The average molecular weight is 465 g/mol. The highest BCUT2D eigenvalue weighted by atomic mass is 16.7. The Balaban J connectivity index is 2.30. The van der Waals surface area contributed by atoms with E-state index >= 15 is 0 Å². The molecule has 1 rings (SSSR count). The van der Waals surface area contributed by atoms with Crippen molar-refractivity contribution in [3.8, 4) is 0 Å². The molecular formula is C23H44O9. The van der Waals surface area contributed by atoms with Crippen LogP contribution in [-0.2, 0) is 23.7 Å². The molecule has 0 spiro atoms. The first-order chi connectivity index (χ1) is 15.4. The van der Waals surface area contributed by atoms with Crippen molar-refractivity contribution in [2.24, 2.45) is 0 Å². The highest BCUT2D eigenvalue weighted by Crippen LogP contribution is 2.22. The van der Waals surface area contributed by atoms with Gasteiger partial charge in [0.1, 0.15) is 30.5 Å². The quantitative estimate of drug-likeness (QED) is 0.176. The van der Waals surface area contributed by atoms with Crippen molar-refractivity contribution in [1.82, 2.24) is 0 Å². The van der Waals surface area contributed by atoms with Crippen LogP contribution in [0.25, 0.3) is 0 Å². The first-order valence-corrected chi connectivity index (χ1v) is 12.1. The summed E-state index contributed by atoms with van der Waals surface area (Å²) in [6.07, 6.45) is 3.63. The predicted octanol–water partition coefficient (Wildman–Crippen LogP) is 1.67. The topological polar surface area (TPSA) is 135 Å². The molecular weight excluding hydrogens is 420 g/mol. The van der Waals surface area contributed by atoms with Gasteiger partial charge < -0.3 is 39.4 Å². The summed E-state index contributed by atoms with van der Waals surface area (Å²) in [5.41, 5.74) is 0. The van der Waals surface area contributed by atoms with Gasteiger partial charge in [0, 0.05) is 13.0 Å².